The number of aliphatic hydroxyl groups is 1. The predicted octanol–water partition coefficient (Wildman–Crippen LogP) is 2.79. The highest BCUT2D eigenvalue weighted by Crippen LogP contribution is 2.22. The number of rotatable bonds is 10. The van der Waals surface area contributed by atoms with Crippen molar-refractivity contribution in [3.05, 3.63) is 82.1 Å². The number of halogens is 2. The van der Waals surface area contributed by atoms with Crippen LogP contribution in [0.2, 0.25) is 0 Å². The molecule has 7 nitrogen and oxygen atoms in total. The molecule has 3 rings (SSSR count). The van der Waals surface area contributed by atoms with Crippen LogP contribution < -0.4 is 11.1 Å². The van der Waals surface area contributed by atoms with Gasteiger partial charge in [0.15, 0.2) is 5.78 Å². The van der Waals surface area contributed by atoms with Crippen molar-refractivity contribution in [2.45, 2.75) is 58.7 Å². The van der Waals surface area contributed by atoms with E-state index in [1.807, 2.05) is 31.2 Å². The second-order valence-corrected chi connectivity index (χ2v) is 9.52. The third-order valence-electron chi connectivity index (χ3n) is 6.68. The molecule has 1 aliphatic rings. The summed E-state index contributed by atoms with van der Waals surface area (Å²) in [7, 11) is 0. The van der Waals surface area contributed by atoms with Gasteiger partial charge >= 0.3 is 0 Å². The summed E-state index contributed by atoms with van der Waals surface area (Å²) >= 11 is 0. The van der Waals surface area contributed by atoms with Crippen LogP contribution in [0.4, 0.5) is 8.78 Å². The van der Waals surface area contributed by atoms with Crippen molar-refractivity contribution in [3.63, 3.8) is 0 Å². The summed E-state index contributed by atoms with van der Waals surface area (Å²) in [6.07, 6.45) is -0.818. The van der Waals surface area contributed by atoms with Gasteiger partial charge in [-0.05, 0) is 55.5 Å². The average Bonchev–Trinajstić information content (AvgIpc) is 2.84. The number of allylic oxidation sites excluding steroid dienone is 2. The molecular weight excluding hydrogens is 480 g/mol. The van der Waals surface area contributed by atoms with E-state index in [0.29, 0.717) is 11.3 Å². The molecule has 0 aliphatic carbocycles. The van der Waals surface area contributed by atoms with Gasteiger partial charge in [0.1, 0.15) is 17.6 Å². The number of benzene rings is 2. The van der Waals surface area contributed by atoms with Crippen molar-refractivity contribution in [2.75, 3.05) is 6.54 Å². The number of hydrogen-bond acceptors (Lipinski definition) is 5. The molecule has 1 unspecified atom stereocenters. The Morgan fingerprint density at radius 2 is 1.73 bits per heavy atom. The molecule has 37 heavy (non-hydrogen) atoms. The molecule has 4 N–H and O–H groups in total. The molecule has 1 aliphatic heterocycles. The molecule has 0 bridgehead atoms. The molecule has 3 atom stereocenters. The van der Waals surface area contributed by atoms with Gasteiger partial charge in [-0.15, -0.1) is 0 Å². The summed E-state index contributed by atoms with van der Waals surface area (Å²) in [5.41, 5.74) is 9.15. The number of nitrogens with one attached hydrogen (secondary N) is 1. The summed E-state index contributed by atoms with van der Waals surface area (Å²) in [6, 6.07) is 9.71. The second-order valence-electron chi connectivity index (χ2n) is 9.52. The van der Waals surface area contributed by atoms with Gasteiger partial charge in [0.25, 0.3) is 0 Å². The van der Waals surface area contributed by atoms with E-state index < -0.39 is 47.3 Å². The maximum Gasteiger partial charge on any atom is 0.235 e. The highest BCUT2D eigenvalue weighted by atomic mass is 19.1. The van der Waals surface area contributed by atoms with E-state index in [4.69, 9.17) is 5.73 Å². The Kier molecular flexibility index (Phi) is 9.29. The quantitative estimate of drug-likeness (QED) is 0.423. The molecule has 2 aromatic carbocycles. The van der Waals surface area contributed by atoms with Crippen LogP contribution in [0.3, 0.4) is 0 Å². The fourth-order valence-electron chi connectivity index (χ4n) is 4.34. The number of aliphatic hydroxyl groups excluding tert-OH is 1. The Balaban J connectivity index is 1.79. The van der Waals surface area contributed by atoms with Crippen LogP contribution in [-0.2, 0) is 33.8 Å². The first-order valence-electron chi connectivity index (χ1n) is 12.2. The topological polar surface area (TPSA) is 113 Å². The van der Waals surface area contributed by atoms with Crippen molar-refractivity contribution in [1.29, 1.82) is 0 Å². The maximum absolute atomic E-state index is 13.6. The molecule has 2 amide bonds. The Morgan fingerprint density at radius 1 is 1.08 bits per heavy atom. The van der Waals surface area contributed by atoms with Crippen LogP contribution in [0, 0.1) is 17.6 Å². The van der Waals surface area contributed by atoms with Gasteiger partial charge in [0, 0.05) is 42.9 Å². The zero-order valence-corrected chi connectivity index (χ0v) is 21.3. The molecule has 0 spiro atoms. The first-order chi connectivity index (χ1) is 17.5. The van der Waals surface area contributed by atoms with Crippen LogP contribution >= 0.6 is 0 Å². The van der Waals surface area contributed by atoms with Crippen molar-refractivity contribution in [1.82, 2.24) is 10.2 Å². The molecule has 0 radical (unpaired) electrons. The number of carbonyl (C=O) groups excluding carboxylic acids is 3. The lowest BCUT2D eigenvalue weighted by Gasteiger charge is -2.30. The third-order valence-corrected chi connectivity index (χ3v) is 6.68. The van der Waals surface area contributed by atoms with Gasteiger partial charge in [-0.2, -0.15) is 0 Å². The van der Waals surface area contributed by atoms with E-state index in [9.17, 15) is 28.3 Å². The van der Waals surface area contributed by atoms with Crippen molar-refractivity contribution >= 4 is 17.6 Å². The Labute approximate surface area is 215 Å². The largest absolute Gasteiger partial charge is 0.390 e. The third kappa shape index (κ3) is 7.30. The standard InChI is InChI=1S/C28H33F2N3O4/c1-4-18-6-5-7-19(8-18)14-33(26(35)13-23-27(36)16(2)17(3)32-28(23)37)15-25(34)24(31)11-20-9-21(29)12-22(30)10-20/h5-10,12,23-25,34H,4,11,13-15,31H2,1-3H3,(H,32,37)/t23?,24-,25+/m0/s1. The van der Waals surface area contributed by atoms with E-state index in [2.05, 4.69) is 5.32 Å². The molecular formula is C28H33F2N3O4. The fourth-order valence-corrected chi connectivity index (χ4v) is 4.34. The van der Waals surface area contributed by atoms with Gasteiger partial charge < -0.3 is 21.1 Å². The number of Topliss-reactive ketones (excluding diaryl/α,β-unsaturated/α-hetero) is 1. The van der Waals surface area contributed by atoms with Gasteiger partial charge in [0.05, 0.1) is 6.10 Å². The van der Waals surface area contributed by atoms with E-state index in [1.165, 1.54) is 4.90 Å². The lowest BCUT2D eigenvalue weighted by molar-refractivity contribution is -0.142. The minimum atomic E-state index is -1.23. The first kappa shape index (κ1) is 28.1. The van der Waals surface area contributed by atoms with Gasteiger partial charge in [-0.3, -0.25) is 14.4 Å². The zero-order valence-electron chi connectivity index (χ0n) is 21.3. The highest BCUT2D eigenvalue weighted by Gasteiger charge is 2.36. The number of carbonyl (C=O) groups is 3. The summed E-state index contributed by atoms with van der Waals surface area (Å²) in [5, 5.41) is 13.5. The Bertz CT molecular complexity index is 1190. The molecule has 1 heterocycles. The van der Waals surface area contributed by atoms with Gasteiger partial charge in [-0.25, -0.2) is 8.78 Å². The number of aryl methyl sites for hydroxylation is 1. The van der Waals surface area contributed by atoms with Crippen molar-refractivity contribution in [2.24, 2.45) is 11.7 Å². The normalized spacial score (nSPS) is 17.4. The number of hydrogen-bond donors (Lipinski definition) is 3. The minimum Gasteiger partial charge on any atom is -0.390 e. The van der Waals surface area contributed by atoms with E-state index in [-0.39, 0.29) is 31.5 Å². The second kappa shape index (κ2) is 12.2. The zero-order chi connectivity index (χ0) is 27.3. The van der Waals surface area contributed by atoms with Crippen molar-refractivity contribution < 1.29 is 28.3 Å². The monoisotopic (exact) mass is 513 g/mol. The molecule has 9 heteroatoms. The van der Waals surface area contributed by atoms with Crippen LogP contribution in [0.25, 0.3) is 0 Å². The molecule has 0 saturated heterocycles. The van der Waals surface area contributed by atoms with Crippen LogP contribution in [-0.4, -0.2) is 46.3 Å². The van der Waals surface area contributed by atoms with Gasteiger partial charge in [-0.1, -0.05) is 31.2 Å². The SMILES string of the molecule is CCc1cccc(CN(C[C@@H](O)[C@@H](N)Cc2cc(F)cc(F)c2)C(=O)CC2C(=O)NC(C)=C(C)C2=O)c1. The Hall–Kier alpha value is -3.43. The molecule has 0 aromatic heterocycles. The fraction of sp³-hybridized carbons (Fsp3) is 0.393. The minimum absolute atomic E-state index is 0.0179. The number of nitrogens with zero attached hydrogens (tertiary/aromatic N) is 1. The summed E-state index contributed by atoms with van der Waals surface area (Å²) in [6.45, 7) is 5.16. The van der Waals surface area contributed by atoms with Crippen LogP contribution in [0.5, 0.6) is 0 Å². The van der Waals surface area contributed by atoms with Gasteiger partial charge in [0.2, 0.25) is 11.8 Å². The molecule has 2 aromatic rings. The number of nitrogens with two attached hydrogens (primary N) is 1. The van der Waals surface area contributed by atoms with E-state index in [1.54, 1.807) is 13.8 Å². The maximum atomic E-state index is 13.6. The average molecular weight is 514 g/mol. The summed E-state index contributed by atoms with van der Waals surface area (Å²) in [4.78, 5) is 39.9. The van der Waals surface area contributed by atoms with Crippen LogP contribution in [0.1, 0.15) is 43.9 Å². The molecule has 0 fully saturated rings. The van der Waals surface area contributed by atoms with Crippen LogP contribution in [0.15, 0.2) is 53.7 Å². The molecule has 198 valence electrons. The lowest BCUT2D eigenvalue weighted by atomic mass is 9.89. The Morgan fingerprint density at radius 3 is 2.38 bits per heavy atom. The van der Waals surface area contributed by atoms with Crippen molar-refractivity contribution in [3.8, 4) is 0 Å². The number of ketones is 1. The first-order valence-corrected chi connectivity index (χ1v) is 12.2. The van der Waals surface area contributed by atoms with E-state index in [0.717, 1.165) is 35.7 Å². The highest BCUT2D eigenvalue weighted by molar-refractivity contribution is 6.14. The summed E-state index contributed by atoms with van der Waals surface area (Å²) < 4.78 is 27.2. The molecule has 0 saturated carbocycles. The number of amides is 2. The summed E-state index contributed by atoms with van der Waals surface area (Å²) in [5.74, 6) is -4.11. The van der Waals surface area contributed by atoms with E-state index >= 15 is 0 Å². The predicted molar refractivity (Wildman–Crippen MR) is 135 cm³/mol. The smallest absolute Gasteiger partial charge is 0.235 e. The lowest BCUT2D eigenvalue weighted by Crippen LogP contribution is -2.48.